The lowest BCUT2D eigenvalue weighted by Crippen LogP contribution is -2.40. The van der Waals surface area contributed by atoms with Crippen LogP contribution >= 0.6 is 0 Å². The highest BCUT2D eigenvalue weighted by atomic mass is 16.7. The topological polar surface area (TPSA) is 50.7 Å². The van der Waals surface area contributed by atoms with E-state index in [0.717, 1.165) is 11.3 Å². The molecule has 0 aromatic heterocycles. The van der Waals surface area contributed by atoms with Gasteiger partial charge in [0, 0.05) is 5.54 Å². The largest absolute Gasteiger partial charge is 0.433 e. The Labute approximate surface area is 108 Å². The molecule has 1 amide bonds. The van der Waals surface area contributed by atoms with Crippen molar-refractivity contribution >= 4 is 11.8 Å². The Morgan fingerprint density at radius 2 is 1.89 bits per heavy atom. The van der Waals surface area contributed by atoms with E-state index in [9.17, 15) is 4.79 Å². The Balaban J connectivity index is 2.67. The maximum atomic E-state index is 11.5. The van der Waals surface area contributed by atoms with E-state index in [-0.39, 0.29) is 5.54 Å². The highest BCUT2D eigenvalue weighted by Gasteiger charge is 2.14. The third-order valence-electron chi connectivity index (χ3n) is 2.16. The summed E-state index contributed by atoms with van der Waals surface area (Å²) in [5.74, 6) is 0. The van der Waals surface area contributed by atoms with Gasteiger partial charge in [0.1, 0.15) is 0 Å². The van der Waals surface area contributed by atoms with Crippen LogP contribution in [0.5, 0.6) is 0 Å². The molecule has 0 atom stereocenters. The van der Waals surface area contributed by atoms with Crippen LogP contribution in [0.1, 0.15) is 39.7 Å². The highest BCUT2D eigenvalue weighted by molar-refractivity contribution is 6.00. The van der Waals surface area contributed by atoms with Gasteiger partial charge in [-0.2, -0.15) is 0 Å². The van der Waals surface area contributed by atoms with E-state index < -0.39 is 6.09 Å². The molecule has 4 nitrogen and oxygen atoms in total. The molecule has 4 heteroatoms. The van der Waals surface area contributed by atoms with Crippen molar-refractivity contribution in [1.29, 1.82) is 0 Å². The first-order chi connectivity index (χ1) is 8.42. The van der Waals surface area contributed by atoms with Crippen LogP contribution < -0.4 is 5.32 Å². The zero-order chi connectivity index (χ0) is 13.6. The van der Waals surface area contributed by atoms with Crippen LogP contribution in [0.25, 0.3) is 0 Å². The monoisotopic (exact) mass is 248 g/mol. The summed E-state index contributed by atoms with van der Waals surface area (Å²) in [5, 5.41) is 6.58. The molecule has 1 rings (SSSR count). The maximum Gasteiger partial charge on any atom is 0.433 e. The normalized spacial score (nSPS) is 12.1. The second kappa shape index (κ2) is 6.19. The summed E-state index contributed by atoms with van der Waals surface area (Å²) < 4.78 is 0. The van der Waals surface area contributed by atoms with Gasteiger partial charge in [-0.05, 0) is 32.8 Å². The van der Waals surface area contributed by atoms with Crippen molar-refractivity contribution in [3.05, 3.63) is 35.9 Å². The lowest BCUT2D eigenvalue weighted by molar-refractivity contribution is 0.141. The minimum atomic E-state index is -0.538. The number of rotatable bonds is 3. The van der Waals surface area contributed by atoms with Gasteiger partial charge >= 0.3 is 6.09 Å². The first-order valence-corrected chi connectivity index (χ1v) is 6.04. The molecular formula is C14H20N2O2. The second-order valence-electron chi connectivity index (χ2n) is 5.01. The van der Waals surface area contributed by atoms with Gasteiger partial charge in [0.25, 0.3) is 0 Å². The molecule has 0 fully saturated rings. The SMILES string of the molecule is CC/C(=N\OC(=O)NC(C)(C)C)c1ccccc1. The van der Waals surface area contributed by atoms with Crippen molar-refractivity contribution in [2.45, 2.75) is 39.7 Å². The predicted octanol–water partition coefficient (Wildman–Crippen LogP) is 3.33. The van der Waals surface area contributed by atoms with Crippen molar-refractivity contribution in [1.82, 2.24) is 5.32 Å². The van der Waals surface area contributed by atoms with E-state index in [1.165, 1.54) is 0 Å². The van der Waals surface area contributed by atoms with E-state index in [1.54, 1.807) is 0 Å². The molecule has 18 heavy (non-hydrogen) atoms. The van der Waals surface area contributed by atoms with E-state index in [2.05, 4.69) is 10.5 Å². The molecule has 0 aliphatic carbocycles. The lowest BCUT2D eigenvalue weighted by atomic mass is 10.1. The lowest BCUT2D eigenvalue weighted by Gasteiger charge is -2.18. The smallest absolute Gasteiger partial charge is 0.315 e. The fourth-order valence-electron chi connectivity index (χ4n) is 1.38. The molecule has 0 aliphatic heterocycles. The fraction of sp³-hybridized carbons (Fsp3) is 0.429. The molecule has 0 spiro atoms. The molecule has 0 unspecified atom stereocenters. The number of hydrogen-bond donors (Lipinski definition) is 1. The summed E-state index contributed by atoms with van der Waals surface area (Å²) in [6.07, 6.45) is 0.164. The van der Waals surface area contributed by atoms with Gasteiger partial charge in [-0.15, -0.1) is 0 Å². The van der Waals surface area contributed by atoms with Crippen molar-refractivity contribution in [2.24, 2.45) is 5.16 Å². The number of benzene rings is 1. The molecule has 1 aromatic carbocycles. The zero-order valence-electron chi connectivity index (χ0n) is 11.4. The number of hydrogen-bond acceptors (Lipinski definition) is 3. The maximum absolute atomic E-state index is 11.5. The molecule has 0 radical (unpaired) electrons. The summed E-state index contributed by atoms with van der Waals surface area (Å²) in [7, 11) is 0. The van der Waals surface area contributed by atoms with Crippen LogP contribution in [0.4, 0.5) is 4.79 Å². The van der Waals surface area contributed by atoms with Crippen LogP contribution in [-0.4, -0.2) is 17.3 Å². The average Bonchev–Trinajstić information content (AvgIpc) is 2.29. The van der Waals surface area contributed by atoms with Gasteiger partial charge in [0.2, 0.25) is 0 Å². The summed E-state index contributed by atoms with van der Waals surface area (Å²) in [4.78, 5) is 16.3. The Morgan fingerprint density at radius 1 is 1.28 bits per heavy atom. The minimum absolute atomic E-state index is 0.328. The summed E-state index contributed by atoms with van der Waals surface area (Å²) in [6.45, 7) is 7.62. The molecule has 0 heterocycles. The minimum Gasteiger partial charge on any atom is -0.315 e. The van der Waals surface area contributed by atoms with Crippen molar-refractivity contribution in [3.8, 4) is 0 Å². The standard InChI is InChI=1S/C14H20N2O2/c1-5-12(11-9-7-6-8-10-11)16-18-13(17)15-14(2,3)4/h6-10H,5H2,1-4H3,(H,15,17)/b16-12+. The van der Waals surface area contributed by atoms with Crippen LogP contribution in [0.2, 0.25) is 0 Å². The third kappa shape index (κ3) is 4.99. The van der Waals surface area contributed by atoms with Crippen molar-refractivity contribution in [2.75, 3.05) is 0 Å². The Morgan fingerprint density at radius 3 is 2.39 bits per heavy atom. The van der Waals surface area contributed by atoms with Crippen LogP contribution in [0.3, 0.4) is 0 Å². The number of nitrogens with zero attached hydrogens (tertiary/aromatic N) is 1. The third-order valence-corrected chi connectivity index (χ3v) is 2.16. The molecule has 1 aromatic rings. The van der Waals surface area contributed by atoms with Crippen LogP contribution in [0.15, 0.2) is 35.5 Å². The van der Waals surface area contributed by atoms with Crippen molar-refractivity contribution in [3.63, 3.8) is 0 Å². The molecule has 0 saturated carbocycles. The first-order valence-electron chi connectivity index (χ1n) is 6.04. The second-order valence-corrected chi connectivity index (χ2v) is 5.01. The van der Waals surface area contributed by atoms with E-state index >= 15 is 0 Å². The van der Waals surface area contributed by atoms with E-state index in [0.29, 0.717) is 6.42 Å². The number of oxime groups is 1. The molecule has 0 aliphatic rings. The molecule has 0 bridgehead atoms. The zero-order valence-corrected chi connectivity index (χ0v) is 11.4. The van der Waals surface area contributed by atoms with Crippen molar-refractivity contribution < 1.29 is 9.63 Å². The summed E-state index contributed by atoms with van der Waals surface area (Å²) >= 11 is 0. The van der Waals surface area contributed by atoms with Gasteiger partial charge in [-0.3, -0.25) is 4.84 Å². The van der Waals surface area contributed by atoms with Crippen LogP contribution in [-0.2, 0) is 4.84 Å². The Bertz CT molecular complexity index is 419. The predicted molar refractivity (Wildman–Crippen MR) is 72.6 cm³/mol. The quantitative estimate of drug-likeness (QED) is 0.507. The molecule has 0 saturated heterocycles. The molecule has 1 N–H and O–H groups in total. The Hall–Kier alpha value is -1.84. The van der Waals surface area contributed by atoms with E-state index in [1.807, 2.05) is 58.0 Å². The number of nitrogens with one attached hydrogen (secondary N) is 1. The van der Waals surface area contributed by atoms with E-state index in [4.69, 9.17) is 4.84 Å². The van der Waals surface area contributed by atoms with Crippen LogP contribution in [0, 0.1) is 0 Å². The fourth-order valence-corrected chi connectivity index (χ4v) is 1.38. The number of carbonyl (C=O) groups is 1. The highest BCUT2D eigenvalue weighted by Crippen LogP contribution is 2.05. The van der Waals surface area contributed by atoms with Gasteiger partial charge in [0.15, 0.2) is 0 Å². The molecular weight excluding hydrogens is 228 g/mol. The van der Waals surface area contributed by atoms with Gasteiger partial charge < -0.3 is 5.32 Å². The molecule has 98 valence electrons. The van der Waals surface area contributed by atoms with Gasteiger partial charge in [-0.25, -0.2) is 4.79 Å². The number of amides is 1. The first kappa shape index (κ1) is 14.2. The van der Waals surface area contributed by atoms with Gasteiger partial charge in [-0.1, -0.05) is 42.4 Å². The summed E-state index contributed by atoms with van der Waals surface area (Å²) in [6, 6.07) is 9.66. The Kier molecular flexibility index (Phi) is 4.89. The summed E-state index contributed by atoms with van der Waals surface area (Å²) in [5.41, 5.74) is 1.38. The van der Waals surface area contributed by atoms with Gasteiger partial charge in [0.05, 0.1) is 5.71 Å². The average molecular weight is 248 g/mol. The number of carbonyl (C=O) groups excluding carboxylic acids is 1.